The third kappa shape index (κ3) is 4.55. The van der Waals surface area contributed by atoms with Gasteiger partial charge in [0.05, 0.1) is 0 Å². The lowest BCUT2D eigenvalue weighted by Crippen LogP contribution is -2.52. The van der Waals surface area contributed by atoms with Crippen molar-refractivity contribution >= 4 is 0 Å². The standard InChI is InChI=1S/C16H34N2/c1-5-15-7-6-11-18(12-9-15)16(4,13-17)10-8-14(2)3/h14-15H,5-13,17H2,1-4H3. The van der Waals surface area contributed by atoms with Crippen molar-refractivity contribution in [2.75, 3.05) is 19.6 Å². The van der Waals surface area contributed by atoms with E-state index in [9.17, 15) is 0 Å². The Morgan fingerprint density at radius 3 is 2.56 bits per heavy atom. The van der Waals surface area contributed by atoms with E-state index in [2.05, 4.69) is 32.6 Å². The summed E-state index contributed by atoms with van der Waals surface area (Å²) in [6, 6.07) is 0. The lowest BCUT2D eigenvalue weighted by molar-refractivity contribution is 0.0982. The van der Waals surface area contributed by atoms with Crippen LogP contribution in [0.5, 0.6) is 0 Å². The quantitative estimate of drug-likeness (QED) is 0.784. The van der Waals surface area contributed by atoms with Crippen LogP contribution in [0.25, 0.3) is 0 Å². The number of nitrogens with zero attached hydrogens (tertiary/aromatic N) is 1. The molecular formula is C16H34N2. The molecule has 0 aromatic heterocycles. The zero-order valence-electron chi connectivity index (χ0n) is 13.0. The predicted molar refractivity (Wildman–Crippen MR) is 80.7 cm³/mol. The molecule has 0 bridgehead atoms. The van der Waals surface area contributed by atoms with Crippen LogP contribution in [0, 0.1) is 11.8 Å². The van der Waals surface area contributed by atoms with E-state index in [0.29, 0.717) is 0 Å². The average Bonchev–Trinajstić information content (AvgIpc) is 2.61. The second kappa shape index (κ2) is 7.49. The van der Waals surface area contributed by atoms with Gasteiger partial charge in [0.15, 0.2) is 0 Å². The molecule has 1 saturated heterocycles. The molecule has 0 aromatic rings. The second-order valence-electron chi connectivity index (χ2n) is 6.83. The van der Waals surface area contributed by atoms with Crippen molar-refractivity contribution in [2.24, 2.45) is 17.6 Å². The van der Waals surface area contributed by atoms with E-state index in [1.807, 2.05) is 0 Å². The smallest absolute Gasteiger partial charge is 0.0303 e. The van der Waals surface area contributed by atoms with Crippen LogP contribution < -0.4 is 5.73 Å². The largest absolute Gasteiger partial charge is 0.329 e. The summed E-state index contributed by atoms with van der Waals surface area (Å²) in [7, 11) is 0. The maximum atomic E-state index is 6.10. The molecule has 0 aliphatic carbocycles. The van der Waals surface area contributed by atoms with Crippen molar-refractivity contribution in [2.45, 2.75) is 71.8 Å². The van der Waals surface area contributed by atoms with Gasteiger partial charge in [0.25, 0.3) is 0 Å². The van der Waals surface area contributed by atoms with Gasteiger partial charge in [-0.2, -0.15) is 0 Å². The normalized spacial score (nSPS) is 26.0. The third-order valence-corrected chi connectivity index (χ3v) is 4.89. The number of rotatable bonds is 6. The highest BCUT2D eigenvalue weighted by atomic mass is 15.2. The Labute approximate surface area is 114 Å². The third-order valence-electron chi connectivity index (χ3n) is 4.89. The minimum absolute atomic E-state index is 0.229. The highest BCUT2D eigenvalue weighted by Crippen LogP contribution is 2.28. The molecular weight excluding hydrogens is 220 g/mol. The first-order valence-electron chi connectivity index (χ1n) is 7.97. The Kier molecular flexibility index (Phi) is 6.65. The monoisotopic (exact) mass is 254 g/mol. The molecule has 0 radical (unpaired) electrons. The number of nitrogens with two attached hydrogens (primary N) is 1. The van der Waals surface area contributed by atoms with Crippen LogP contribution in [-0.2, 0) is 0 Å². The van der Waals surface area contributed by atoms with Gasteiger partial charge >= 0.3 is 0 Å². The van der Waals surface area contributed by atoms with E-state index >= 15 is 0 Å². The summed E-state index contributed by atoms with van der Waals surface area (Å²) in [4.78, 5) is 2.69. The minimum atomic E-state index is 0.229. The van der Waals surface area contributed by atoms with Crippen LogP contribution in [0.3, 0.4) is 0 Å². The van der Waals surface area contributed by atoms with Crippen molar-refractivity contribution in [1.29, 1.82) is 0 Å². The van der Waals surface area contributed by atoms with Gasteiger partial charge in [-0.15, -0.1) is 0 Å². The van der Waals surface area contributed by atoms with Gasteiger partial charge in [0.2, 0.25) is 0 Å². The van der Waals surface area contributed by atoms with E-state index in [0.717, 1.165) is 18.4 Å². The van der Waals surface area contributed by atoms with Gasteiger partial charge in [0.1, 0.15) is 0 Å². The summed E-state index contributed by atoms with van der Waals surface area (Å²) in [6.07, 6.45) is 8.03. The van der Waals surface area contributed by atoms with Crippen LogP contribution >= 0.6 is 0 Å². The minimum Gasteiger partial charge on any atom is -0.329 e. The fourth-order valence-corrected chi connectivity index (χ4v) is 3.10. The lowest BCUT2D eigenvalue weighted by atomic mass is 9.90. The second-order valence-corrected chi connectivity index (χ2v) is 6.83. The Balaban J connectivity index is 2.57. The van der Waals surface area contributed by atoms with E-state index in [1.54, 1.807) is 0 Å². The first-order chi connectivity index (χ1) is 8.51. The summed E-state index contributed by atoms with van der Waals surface area (Å²) in [5, 5.41) is 0. The number of likely N-dealkylation sites (tertiary alicyclic amines) is 1. The Bertz CT molecular complexity index is 227. The lowest BCUT2D eigenvalue weighted by Gasteiger charge is -2.41. The summed E-state index contributed by atoms with van der Waals surface area (Å²) in [5.74, 6) is 1.73. The van der Waals surface area contributed by atoms with Crippen LogP contribution in [0.4, 0.5) is 0 Å². The summed E-state index contributed by atoms with van der Waals surface area (Å²) >= 11 is 0. The molecule has 1 heterocycles. The number of hydrogen-bond donors (Lipinski definition) is 1. The van der Waals surface area contributed by atoms with Crippen molar-refractivity contribution in [3.63, 3.8) is 0 Å². The van der Waals surface area contributed by atoms with Gasteiger partial charge in [-0.3, -0.25) is 4.90 Å². The molecule has 2 nitrogen and oxygen atoms in total. The van der Waals surface area contributed by atoms with Gasteiger partial charge < -0.3 is 5.73 Å². The zero-order chi connectivity index (χ0) is 13.6. The maximum absolute atomic E-state index is 6.10. The highest BCUT2D eigenvalue weighted by molar-refractivity contribution is 4.89. The maximum Gasteiger partial charge on any atom is 0.0303 e. The molecule has 1 fully saturated rings. The predicted octanol–water partition coefficient (Wildman–Crippen LogP) is 3.65. The fourth-order valence-electron chi connectivity index (χ4n) is 3.10. The molecule has 108 valence electrons. The van der Waals surface area contributed by atoms with E-state index in [4.69, 9.17) is 5.73 Å². The highest BCUT2D eigenvalue weighted by Gasteiger charge is 2.31. The Morgan fingerprint density at radius 1 is 1.28 bits per heavy atom. The zero-order valence-corrected chi connectivity index (χ0v) is 13.0. The molecule has 0 spiro atoms. The summed E-state index contributed by atoms with van der Waals surface area (Å²) in [6.45, 7) is 12.6. The first-order valence-corrected chi connectivity index (χ1v) is 7.97. The molecule has 1 aliphatic heterocycles. The van der Waals surface area contributed by atoms with Gasteiger partial charge in [-0.25, -0.2) is 0 Å². The first kappa shape index (κ1) is 16.0. The van der Waals surface area contributed by atoms with Crippen molar-refractivity contribution < 1.29 is 0 Å². The van der Waals surface area contributed by atoms with Crippen molar-refractivity contribution in [3.05, 3.63) is 0 Å². The Morgan fingerprint density at radius 2 is 2.00 bits per heavy atom. The van der Waals surface area contributed by atoms with Crippen molar-refractivity contribution in [1.82, 2.24) is 4.90 Å². The molecule has 2 N–H and O–H groups in total. The van der Waals surface area contributed by atoms with Crippen LogP contribution in [0.2, 0.25) is 0 Å². The molecule has 1 rings (SSSR count). The topological polar surface area (TPSA) is 29.3 Å². The van der Waals surface area contributed by atoms with Crippen molar-refractivity contribution in [3.8, 4) is 0 Å². The van der Waals surface area contributed by atoms with E-state index in [-0.39, 0.29) is 5.54 Å². The average molecular weight is 254 g/mol. The Hall–Kier alpha value is -0.0800. The molecule has 2 atom stereocenters. The molecule has 0 saturated carbocycles. The van der Waals surface area contributed by atoms with Gasteiger partial charge in [-0.05, 0) is 64.0 Å². The SMILES string of the molecule is CCC1CCCN(C(C)(CN)CCC(C)C)CC1. The van der Waals surface area contributed by atoms with E-state index < -0.39 is 0 Å². The summed E-state index contributed by atoms with van der Waals surface area (Å²) in [5.41, 5.74) is 6.33. The summed E-state index contributed by atoms with van der Waals surface area (Å²) < 4.78 is 0. The number of hydrogen-bond acceptors (Lipinski definition) is 2. The van der Waals surface area contributed by atoms with Crippen LogP contribution in [0.1, 0.15) is 66.2 Å². The van der Waals surface area contributed by atoms with Gasteiger partial charge in [0, 0.05) is 12.1 Å². The van der Waals surface area contributed by atoms with Crippen LogP contribution in [-0.4, -0.2) is 30.1 Å². The molecule has 2 unspecified atom stereocenters. The molecule has 1 aliphatic rings. The molecule has 0 amide bonds. The molecule has 18 heavy (non-hydrogen) atoms. The molecule has 2 heteroatoms. The molecule has 0 aromatic carbocycles. The van der Waals surface area contributed by atoms with E-state index in [1.165, 1.54) is 51.6 Å². The fraction of sp³-hybridized carbons (Fsp3) is 1.00. The van der Waals surface area contributed by atoms with Gasteiger partial charge in [-0.1, -0.05) is 27.2 Å². The van der Waals surface area contributed by atoms with Crippen LogP contribution in [0.15, 0.2) is 0 Å².